The number of hydrogen-bond donors (Lipinski definition) is 0. The molecular formula is C14H14Cl2N4O2. The molecule has 116 valence electrons. The molecule has 3 rings (SSSR count). The number of benzene rings is 1. The molecule has 0 N–H and O–H groups in total. The zero-order chi connectivity index (χ0) is 15.5. The van der Waals surface area contributed by atoms with Crippen LogP contribution in [0, 0.1) is 0 Å². The maximum atomic E-state index is 12.2. The van der Waals surface area contributed by atoms with Gasteiger partial charge >= 0.3 is 0 Å². The highest BCUT2D eigenvalue weighted by molar-refractivity contribution is 6.35. The van der Waals surface area contributed by atoms with Gasteiger partial charge < -0.3 is 9.64 Å². The molecule has 8 heteroatoms. The molecule has 0 bridgehead atoms. The molecule has 2 heterocycles. The molecule has 0 aliphatic carbocycles. The summed E-state index contributed by atoms with van der Waals surface area (Å²) < 4.78 is 5.47. The molecule has 1 atom stereocenters. The van der Waals surface area contributed by atoms with Gasteiger partial charge in [-0.25, -0.2) is 0 Å². The quantitative estimate of drug-likeness (QED) is 0.857. The Bertz CT molecular complexity index is 663. The molecule has 1 fully saturated rings. The van der Waals surface area contributed by atoms with Gasteiger partial charge in [0.15, 0.2) is 6.61 Å². The third-order valence-electron chi connectivity index (χ3n) is 3.52. The third-order valence-corrected chi connectivity index (χ3v) is 4.05. The number of likely N-dealkylation sites (tertiary alicyclic amines) is 1. The number of carbonyl (C=O) groups excluding carboxylic acids is 1. The minimum Gasteiger partial charge on any atom is -0.482 e. The van der Waals surface area contributed by atoms with E-state index in [4.69, 9.17) is 27.9 Å². The van der Waals surface area contributed by atoms with Crippen LogP contribution >= 0.6 is 23.2 Å². The fraction of sp³-hybridized carbons (Fsp3) is 0.357. The average molecular weight is 341 g/mol. The second kappa shape index (κ2) is 6.54. The van der Waals surface area contributed by atoms with Gasteiger partial charge in [-0.05, 0) is 24.6 Å². The van der Waals surface area contributed by atoms with E-state index in [0.717, 1.165) is 6.42 Å². The van der Waals surface area contributed by atoms with Crippen molar-refractivity contribution in [2.75, 3.05) is 19.7 Å². The molecule has 1 aliphatic heterocycles. The Balaban J connectivity index is 1.54. The van der Waals surface area contributed by atoms with Crippen LogP contribution in [0.4, 0.5) is 0 Å². The summed E-state index contributed by atoms with van der Waals surface area (Å²) in [5.74, 6) is 0.365. The van der Waals surface area contributed by atoms with Gasteiger partial charge in [-0.15, -0.1) is 0 Å². The molecule has 0 spiro atoms. The summed E-state index contributed by atoms with van der Waals surface area (Å²) in [5.41, 5.74) is 0. The maximum absolute atomic E-state index is 12.2. The Labute approximate surface area is 137 Å². The number of nitrogens with zero attached hydrogens (tertiary/aromatic N) is 4. The van der Waals surface area contributed by atoms with Gasteiger partial charge in [0.25, 0.3) is 5.91 Å². The Morgan fingerprint density at radius 2 is 2.09 bits per heavy atom. The minimum atomic E-state index is -0.0827. The van der Waals surface area contributed by atoms with E-state index >= 15 is 0 Å². The van der Waals surface area contributed by atoms with Gasteiger partial charge in [-0.1, -0.05) is 23.2 Å². The molecule has 22 heavy (non-hydrogen) atoms. The molecule has 1 aromatic carbocycles. The normalized spacial score (nSPS) is 17.7. The van der Waals surface area contributed by atoms with E-state index in [1.54, 1.807) is 40.3 Å². The standard InChI is InChI=1S/C14H14Cl2N4O2/c15-10-1-2-13(12(16)7-10)22-9-14(21)19-6-3-11(8-19)20-17-4-5-18-20/h1-2,4-5,7,11H,3,6,8-9H2/t11-/m0/s1. The number of aromatic nitrogens is 3. The zero-order valence-electron chi connectivity index (χ0n) is 11.7. The molecule has 0 saturated carbocycles. The molecule has 1 saturated heterocycles. The largest absolute Gasteiger partial charge is 0.482 e. The van der Waals surface area contributed by atoms with Crippen LogP contribution in [0.15, 0.2) is 30.6 Å². The molecule has 0 unspecified atom stereocenters. The number of ether oxygens (including phenoxy) is 1. The van der Waals surface area contributed by atoms with E-state index in [9.17, 15) is 4.79 Å². The lowest BCUT2D eigenvalue weighted by molar-refractivity contribution is -0.132. The number of amides is 1. The maximum Gasteiger partial charge on any atom is 0.260 e. The lowest BCUT2D eigenvalue weighted by Gasteiger charge is -2.17. The predicted octanol–water partition coefficient (Wildman–Crippen LogP) is 2.44. The number of halogens is 2. The van der Waals surface area contributed by atoms with Gasteiger partial charge in [-0.3, -0.25) is 4.79 Å². The summed E-state index contributed by atoms with van der Waals surface area (Å²) in [7, 11) is 0. The molecular weight excluding hydrogens is 327 g/mol. The fourth-order valence-electron chi connectivity index (χ4n) is 2.39. The van der Waals surface area contributed by atoms with Crippen LogP contribution in [0.25, 0.3) is 0 Å². The van der Waals surface area contributed by atoms with Crippen molar-refractivity contribution in [1.29, 1.82) is 0 Å². The molecule has 6 nitrogen and oxygen atoms in total. The van der Waals surface area contributed by atoms with Crippen molar-refractivity contribution in [3.05, 3.63) is 40.6 Å². The van der Waals surface area contributed by atoms with E-state index in [0.29, 0.717) is 28.9 Å². The van der Waals surface area contributed by atoms with Gasteiger partial charge in [0, 0.05) is 18.1 Å². The topological polar surface area (TPSA) is 60.2 Å². The molecule has 2 aromatic rings. The van der Waals surface area contributed by atoms with Crippen molar-refractivity contribution in [1.82, 2.24) is 19.9 Å². The number of rotatable bonds is 4. The summed E-state index contributed by atoms with van der Waals surface area (Å²) in [6.07, 6.45) is 4.11. The number of hydrogen-bond acceptors (Lipinski definition) is 4. The first-order valence-corrected chi connectivity index (χ1v) is 7.60. The number of carbonyl (C=O) groups is 1. The van der Waals surface area contributed by atoms with Crippen LogP contribution < -0.4 is 4.74 Å². The highest BCUT2D eigenvalue weighted by atomic mass is 35.5. The first-order valence-electron chi connectivity index (χ1n) is 6.85. The van der Waals surface area contributed by atoms with E-state index < -0.39 is 0 Å². The first-order chi connectivity index (χ1) is 10.6. The second-order valence-electron chi connectivity index (χ2n) is 5.00. The van der Waals surface area contributed by atoms with E-state index in [1.165, 1.54) is 0 Å². The van der Waals surface area contributed by atoms with Crippen LogP contribution in [-0.2, 0) is 4.79 Å². The lowest BCUT2D eigenvalue weighted by atomic mass is 10.3. The summed E-state index contributed by atoms with van der Waals surface area (Å²) in [4.78, 5) is 15.6. The Kier molecular flexibility index (Phi) is 4.49. The fourth-order valence-corrected chi connectivity index (χ4v) is 2.86. The molecule has 1 aromatic heterocycles. The Morgan fingerprint density at radius 3 is 2.82 bits per heavy atom. The van der Waals surface area contributed by atoms with Crippen LogP contribution in [0.3, 0.4) is 0 Å². The summed E-state index contributed by atoms with van der Waals surface area (Å²) >= 11 is 11.8. The van der Waals surface area contributed by atoms with Crippen LogP contribution in [0.1, 0.15) is 12.5 Å². The van der Waals surface area contributed by atoms with Crippen molar-refractivity contribution < 1.29 is 9.53 Å². The van der Waals surface area contributed by atoms with Gasteiger partial charge in [0.2, 0.25) is 0 Å². The van der Waals surface area contributed by atoms with Gasteiger partial charge in [-0.2, -0.15) is 15.0 Å². The highest BCUT2D eigenvalue weighted by Crippen LogP contribution is 2.27. The summed E-state index contributed by atoms with van der Waals surface area (Å²) in [5, 5.41) is 9.14. The monoisotopic (exact) mass is 340 g/mol. The lowest BCUT2D eigenvalue weighted by Crippen LogP contribution is -2.33. The smallest absolute Gasteiger partial charge is 0.260 e. The van der Waals surface area contributed by atoms with Crippen LogP contribution in [0.5, 0.6) is 5.75 Å². The SMILES string of the molecule is O=C(COc1ccc(Cl)cc1Cl)N1CC[C@H](n2nccn2)C1. The van der Waals surface area contributed by atoms with Gasteiger partial charge in [0.1, 0.15) is 5.75 Å². The van der Waals surface area contributed by atoms with Gasteiger partial charge in [0.05, 0.1) is 23.5 Å². The molecule has 1 amide bonds. The molecule has 0 radical (unpaired) electrons. The van der Waals surface area contributed by atoms with Crippen LogP contribution in [-0.4, -0.2) is 45.5 Å². The zero-order valence-corrected chi connectivity index (χ0v) is 13.2. The van der Waals surface area contributed by atoms with E-state index in [2.05, 4.69) is 10.2 Å². The van der Waals surface area contributed by atoms with Crippen molar-refractivity contribution in [2.24, 2.45) is 0 Å². The predicted molar refractivity (Wildman–Crippen MR) is 82.2 cm³/mol. The summed E-state index contributed by atoms with van der Waals surface area (Å²) in [6.45, 7) is 1.20. The van der Waals surface area contributed by atoms with Crippen molar-refractivity contribution >= 4 is 29.1 Å². The van der Waals surface area contributed by atoms with Crippen molar-refractivity contribution in [2.45, 2.75) is 12.5 Å². The third kappa shape index (κ3) is 3.34. The minimum absolute atomic E-state index is 0.0550. The second-order valence-corrected chi connectivity index (χ2v) is 5.84. The molecule has 1 aliphatic rings. The summed E-state index contributed by atoms with van der Waals surface area (Å²) in [6, 6.07) is 5.03. The average Bonchev–Trinajstić information content (AvgIpc) is 3.17. The van der Waals surface area contributed by atoms with E-state index in [1.807, 2.05) is 0 Å². The van der Waals surface area contributed by atoms with Crippen LogP contribution in [0.2, 0.25) is 10.0 Å². The van der Waals surface area contributed by atoms with Crippen molar-refractivity contribution in [3.63, 3.8) is 0 Å². The highest BCUT2D eigenvalue weighted by Gasteiger charge is 2.28. The van der Waals surface area contributed by atoms with E-state index in [-0.39, 0.29) is 18.6 Å². The Hall–Kier alpha value is -1.79. The van der Waals surface area contributed by atoms with Crippen molar-refractivity contribution in [3.8, 4) is 5.75 Å². The Morgan fingerprint density at radius 1 is 1.32 bits per heavy atom. The first kappa shape index (κ1) is 15.1.